The lowest BCUT2D eigenvalue weighted by Gasteiger charge is -2.08. The van der Waals surface area contributed by atoms with Crippen molar-refractivity contribution < 1.29 is 8.42 Å². The van der Waals surface area contributed by atoms with Gasteiger partial charge >= 0.3 is 0 Å². The molecule has 0 aromatic carbocycles. The van der Waals surface area contributed by atoms with Gasteiger partial charge in [0.25, 0.3) is 0 Å². The third kappa shape index (κ3) is 6.59. The van der Waals surface area contributed by atoms with E-state index in [1.165, 1.54) is 0 Å². The second-order valence-electron chi connectivity index (χ2n) is 2.39. The first-order valence-electron chi connectivity index (χ1n) is 3.39. The van der Waals surface area contributed by atoms with Crippen molar-refractivity contribution in [1.29, 1.82) is 0 Å². The Morgan fingerprint density at radius 1 is 1.45 bits per heavy atom. The molecular formula is C6H16ClNO2S. The average molecular weight is 202 g/mol. The minimum absolute atomic E-state index is 0. The Bertz CT molecular complexity index is 179. The van der Waals surface area contributed by atoms with Gasteiger partial charge in [-0.3, -0.25) is 0 Å². The van der Waals surface area contributed by atoms with Gasteiger partial charge in [0.15, 0.2) is 9.84 Å². The third-order valence-electron chi connectivity index (χ3n) is 1.44. The number of nitrogens with one attached hydrogen (secondary N) is 1. The average Bonchev–Trinajstić information content (AvgIpc) is 1.87. The van der Waals surface area contributed by atoms with Crippen molar-refractivity contribution in [3.8, 4) is 0 Å². The lowest BCUT2D eigenvalue weighted by molar-refractivity contribution is 0.579. The van der Waals surface area contributed by atoms with E-state index in [9.17, 15) is 8.42 Å². The summed E-state index contributed by atoms with van der Waals surface area (Å²) in [5.41, 5.74) is 0. The van der Waals surface area contributed by atoms with E-state index in [2.05, 4.69) is 5.32 Å². The first-order chi connectivity index (χ1) is 4.52. The molecule has 0 aromatic heterocycles. The molecular weight excluding hydrogens is 186 g/mol. The number of hydrogen-bond acceptors (Lipinski definition) is 3. The van der Waals surface area contributed by atoms with Crippen LogP contribution in [0, 0.1) is 0 Å². The van der Waals surface area contributed by atoms with Crippen LogP contribution in [-0.2, 0) is 9.84 Å². The molecule has 0 aliphatic heterocycles. The Hall–Kier alpha value is 0.200. The second kappa shape index (κ2) is 5.80. The Labute approximate surface area is 74.9 Å². The van der Waals surface area contributed by atoms with Gasteiger partial charge in [-0.1, -0.05) is 6.92 Å². The standard InChI is InChI=1S/C6H15NO2S.ClH/c1-4-10(8,9)5-6(2)7-3;/h6-7H,4-5H2,1-3H3;1H. The van der Waals surface area contributed by atoms with Crippen LogP contribution >= 0.6 is 12.4 Å². The molecule has 0 fully saturated rings. The van der Waals surface area contributed by atoms with E-state index >= 15 is 0 Å². The first-order valence-corrected chi connectivity index (χ1v) is 5.21. The van der Waals surface area contributed by atoms with Gasteiger partial charge in [0.2, 0.25) is 0 Å². The summed E-state index contributed by atoms with van der Waals surface area (Å²) >= 11 is 0. The van der Waals surface area contributed by atoms with Crippen LogP contribution in [0.1, 0.15) is 13.8 Å². The van der Waals surface area contributed by atoms with E-state index < -0.39 is 9.84 Å². The SMILES string of the molecule is CCS(=O)(=O)CC(C)NC.Cl. The predicted octanol–water partition coefficient (Wildman–Crippen LogP) is 0.451. The highest BCUT2D eigenvalue weighted by Gasteiger charge is 2.10. The molecule has 0 aliphatic carbocycles. The van der Waals surface area contributed by atoms with Crippen molar-refractivity contribution in [1.82, 2.24) is 5.32 Å². The van der Waals surface area contributed by atoms with Crippen LogP contribution in [0.3, 0.4) is 0 Å². The quantitative estimate of drug-likeness (QED) is 0.719. The molecule has 0 radical (unpaired) electrons. The van der Waals surface area contributed by atoms with Crippen LogP contribution in [0.4, 0.5) is 0 Å². The molecule has 11 heavy (non-hydrogen) atoms. The summed E-state index contributed by atoms with van der Waals surface area (Å²) in [5, 5.41) is 2.88. The van der Waals surface area contributed by atoms with E-state index in [4.69, 9.17) is 0 Å². The number of halogens is 1. The number of hydrogen-bond donors (Lipinski definition) is 1. The molecule has 0 saturated heterocycles. The summed E-state index contributed by atoms with van der Waals surface area (Å²) in [6, 6.07) is 0.0601. The molecule has 0 heterocycles. The Kier molecular flexibility index (Phi) is 7.26. The van der Waals surface area contributed by atoms with Crippen LogP contribution in [0.2, 0.25) is 0 Å². The molecule has 70 valence electrons. The summed E-state index contributed by atoms with van der Waals surface area (Å²) in [5.74, 6) is 0.471. The first kappa shape index (κ1) is 13.8. The fourth-order valence-electron chi connectivity index (χ4n) is 0.582. The minimum atomic E-state index is -2.79. The highest BCUT2D eigenvalue weighted by atomic mass is 35.5. The van der Waals surface area contributed by atoms with Crippen molar-refractivity contribution in [3.05, 3.63) is 0 Å². The van der Waals surface area contributed by atoms with Crippen molar-refractivity contribution in [2.24, 2.45) is 0 Å². The highest BCUT2D eigenvalue weighted by Crippen LogP contribution is 1.92. The van der Waals surface area contributed by atoms with Gasteiger partial charge in [0.05, 0.1) is 5.75 Å². The summed E-state index contributed by atoms with van der Waals surface area (Å²) < 4.78 is 21.9. The van der Waals surface area contributed by atoms with Gasteiger partial charge in [-0.25, -0.2) is 8.42 Å². The second-order valence-corrected chi connectivity index (χ2v) is 4.79. The van der Waals surface area contributed by atoms with Crippen LogP contribution in [0.25, 0.3) is 0 Å². The number of sulfone groups is 1. The third-order valence-corrected chi connectivity index (χ3v) is 3.32. The van der Waals surface area contributed by atoms with Crippen LogP contribution in [0.15, 0.2) is 0 Å². The molecule has 0 bridgehead atoms. The molecule has 0 spiro atoms. The zero-order chi connectivity index (χ0) is 8.20. The fourth-order valence-corrected chi connectivity index (χ4v) is 1.75. The zero-order valence-corrected chi connectivity index (χ0v) is 8.76. The summed E-state index contributed by atoms with van der Waals surface area (Å²) in [6.45, 7) is 3.52. The monoisotopic (exact) mass is 201 g/mol. The van der Waals surface area contributed by atoms with Crippen molar-refractivity contribution in [2.75, 3.05) is 18.6 Å². The molecule has 5 heteroatoms. The summed E-state index contributed by atoms with van der Waals surface area (Å²) in [4.78, 5) is 0. The molecule has 0 saturated carbocycles. The van der Waals surface area contributed by atoms with Crippen LogP contribution < -0.4 is 5.32 Å². The van der Waals surface area contributed by atoms with Gasteiger partial charge in [-0.05, 0) is 14.0 Å². The smallest absolute Gasteiger partial charge is 0.151 e. The molecule has 1 atom stereocenters. The Balaban J connectivity index is 0. The maximum Gasteiger partial charge on any atom is 0.151 e. The Morgan fingerprint density at radius 3 is 2.18 bits per heavy atom. The van der Waals surface area contributed by atoms with E-state index in [0.717, 1.165) is 0 Å². The number of rotatable bonds is 4. The summed E-state index contributed by atoms with van der Waals surface area (Å²) in [6.07, 6.45) is 0. The van der Waals surface area contributed by atoms with Crippen LogP contribution in [-0.4, -0.2) is 33.0 Å². The van der Waals surface area contributed by atoms with E-state index in [1.54, 1.807) is 14.0 Å². The molecule has 3 nitrogen and oxygen atoms in total. The van der Waals surface area contributed by atoms with Gasteiger partial charge in [0.1, 0.15) is 0 Å². The molecule has 0 amide bonds. The van der Waals surface area contributed by atoms with Gasteiger partial charge in [-0.15, -0.1) is 12.4 Å². The normalized spacial score (nSPS) is 13.7. The molecule has 0 aromatic rings. The summed E-state index contributed by atoms with van der Waals surface area (Å²) in [7, 11) is -1.03. The molecule has 1 unspecified atom stereocenters. The lowest BCUT2D eigenvalue weighted by Crippen LogP contribution is -2.30. The minimum Gasteiger partial charge on any atom is -0.316 e. The molecule has 0 rings (SSSR count). The predicted molar refractivity (Wildman–Crippen MR) is 50.1 cm³/mol. The molecule has 1 N–H and O–H groups in total. The fraction of sp³-hybridized carbons (Fsp3) is 1.00. The maximum absolute atomic E-state index is 10.9. The van der Waals surface area contributed by atoms with Crippen molar-refractivity contribution >= 4 is 22.2 Å². The van der Waals surface area contributed by atoms with Crippen molar-refractivity contribution in [3.63, 3.8) is 0 Å². The highest BCUT2D eigenvalue weighted by molar-refractivity contribution is 7.91. The van der Waals surface area contributed by atoms with E-state index in [0.29, 0.717) is 0 Å². The maximum atomic E-state index is 10.9. The van der Waals surface area contributed by atoms with Crippen molar-refractivity contribution in [2.45, 2.75) is 19.9 Å². The van der Waals surface area contributed by atoms with Gasteiger partial charge < -0.3 is 5.32 Å². The molecule has 0 aliphatic rings. The lowest BCUT2D eigenvalue weighted by atomic mass is 10.4. The Morgan fingerprint density at radius 2 is 1.91 bits per heavy atom. The van der Waals surface area contributed by atoms with Gasteiger partial charge in [-0.2, -0.15) is 0 Å². The zero-order valence-electron chi connectivity index (χ0n) is 7.12. The largest absolute Gasteiger partial charge is 0.316 e. The van der Waals surface area contributed by atoms with Gasteiger partial charge in [0, 0.05) is 11.8 Å². The van der Waals surface area contributed by atoms with E-state index in [-0.39, 0.29) is 30.0 Å². The van der Waals surface area contributed by atoms with Crippen LogP contribution in [0.5, 0.6) is 0 Å². The topological polar surface area (TPSA) is 46.2 Å². The van der Waals surface area contributed by atoms with E-state index in [1.807, 2.05) is 6.92 Å².